The quantitative estimate of drug-likeness (QED) is 0.588. The summed E-state index contributed by atoms with van der Waals surface area (Å²) in [7, 11) is 0. The summed E-state index contributed by atoms with van der Waals surface area (Å²) < 4.78 is 5.51. The lowest BCUT2D eigenvalue weighted by atomic mass is 10.2. The second-order valence-corrected chi connectivity index (χ2v) is 6.43. The summed E-state index contributed by atoms with van der Waals surface area (Å²) in [6, 6.07) is 6.10. The van der Waals surface area contributed by atoms with E-state index in [4.69, 9.17) is 4.74 Å². The van der Waals surface area contributed by atoms with Crippen LogP contribution in [0.25, 0.3) is 0 Å². The van der Waals surface area contributed by atoms with Crippen LogP contribution in [0, 0.1) is 10.1 Å². The number of amides is 1. The monoisotopic (exact) mass is 333 g/mol. The van der Waals surface area contributed by atoms with Crippen LogP contribution in [0.4, 0.5) is 5.69 Å². The first-order valence-corrected chi connectivity index (χ1v) is 8.52. The third-order valence-electron chi connectivity index (χ3n) is 4.77. The summed E-state index contributed by atoms with van der Waals surface area (Å²) in [5.74, 6) is 0.472. The predicted octanol–water partition coefficient (Wildman–Crippen LogP) is 2.06. The number of carbonyl (C=O) groups is 1. The van der Waals surface area contributed by atoms with Crippen LogP contribution in [0.15, 0.2) is 24.3 Å². The van der Waals surface area contributed by atoms with Crippen molar-refractivity contribution in [2.75, 3.05) is 32.8 Å². The number of hydrogen-bond acceptors (Lipinski definition) is 5. The molecule has 0 saturated carbocycles. The fourth-order valence-corrected chi connectivity index (χ4v) is 3.51. The lowest BCUT2D eigenvalue weighted by Crippen LogP contribution is -2.44. The number of carbonyl (C=O) groups excluding carboxylic acids is 1. The van der Waals surface area contributed by atoms with E-state index in [-0.39, 0.29) is 24.2 Å². The molecule has 2 aliphatic rings. The number of nitrogens with zero attached hydrogens (tertiary/aromatic N) is 3. The number of non-ortho nitro benzene ring substituents is 1. The first-order valence-electron chi connectivity index (χ1n) is 8.52. The molecule has 2 saturated heterocycles. The van der Waals surface area contributed by atoms with E-state index in [1.165, 1.54) is 37.1 Å². The molecule has 2 fully saturated rings. The van der Waals surface area contributed by atoms with Gasteiger partial charge in [0.15, 0.2) is 6.61 Å². The van der Waals surface area contributed by atoms with Gasteiger partial charge in [-0.25, -0.2) is 0 Å². The first kappa shape index (κ1) is 16.7. The Hall–Kier alpha value is -2.15. The van der Waals surface area contributed by atoms with E-state index in [0.29, 0.717) is 5.75 Å². The molecule has 1 amide bonds. The summed E-state index contributed by atoms with van der Waals surface area (Å²) >= 11 is 0. The first-order chi connectivity index (χ1) is 11.6. The normalized spacial score (nSPS) is 21.2. The Labute approximate surface area is 141 Å². The smallest absolute Gasteiger partial charge is 0.269 e. The topological polar surface area (TPSA) is 75.9 Å². The zero-order valence-electron chi connectivity index (χ0n) is 13.7. The molecular formula is C17H23N3O4. The van der Waals surface area contributed by atoms with Crippen molar-refractivity contribution < 1.29 is 14.5 Å². The summed E-state index contributed by atoms with van der Waals surface area (Å²) in [4.78, 5) is 27.0. The average molecular weight is 333 g/mol. The summed E-state index contributed by atoms with van der Waals surface area (Å²) in [6.45, 7) is 4.01. The second-order valence-electron chi connectivity index (χ2n) is 6.43. The van der Waals surface area contributed by atoms with Crippen LogP contribution < -0.4 is 4.74 Å². The fourth-order valence-electron chi connectivity index (χ4n) is 3.51. The summed E-state index contributed by atoms with van der Waals surface area (Å²) in [5.41, 5.74) is 0.0129. The van der Waals surface area contributed by atoms with Gasteiger partial charge in [-0.15, -0.1) is 0 Å². The van der Waals surface area contributed by atoms with Crippen molar-refractivity contribution in [1.82, 2.24) is 9.80 Å². The van der Waals surface area contributed by atoms with Crippen molar-refractivity contribution in [3.05, 3.63) is 34.4 Å². The Balaban J connectivity index is 1.50. The zero-order chi connectivity index (χ0) is 16.9. The van der Waals surface area contributed by atoms with E-state index in [0.717, 1.165) is 39.0 Å². The van der Waals surface area contributed by atoms with Gasteiger partial charge in [0.2, 0.25) is 0 Å². The van der Waals surface area contributed by atoms with Crippen LogP contribution in [0.5, 0.6) is 5.75 Å². The van der Waals surface area contributed by atoms with Gasteiger partial charge in [-0.05, 0) is 50.9 Å². The molecule has 0 aliphatic carbocycles. The Morgan fingerprint density at radius 3 is 2.54 bits per heavy atom. The van der Waals surface area contributed by atoms with Crippen molar-refractivity contribution in [2.24, 2.45) is 0 Å². The summed E-state index contributed by atoms with van der Waals surface area (Å²) in [5, 5.41) is 10.6. The molecule has 2 heterocycles. The van der Waals surface area contributed by atoms with Gasteiger partial charge < -0.3 is 14.5 Å². The van der Waals surface area contributed by atoms with Crippen molar-refractivity contribution >= 4 is 11.6 Å². The number of nitro groups is 1. The third-order valence-corrected chi connectivity index (χ3v) is 4.77. The molecule has 2 aliphatic heterocycles. The van der Waals surface area contributed by atoms with Crippen molar-refractivity contribution in [1.29, 1.82) is 0 Å². The van der Waals surface area contributed by atoms with Crippen LogP contribution in [0.3, 0.4) is 0 Å². The molecule has 130 valence electrons. The minimum atomic E-state index is -0.456. The largest absolute Gasteiger partial charge is 0.484 e. The Morgan fingerprint density at radius 2 is 1.88 bits per heavy atom. The van der Waals surface area contributed by atoms with Crippen LogP contribution in [-0.4, -0.2) is 59.5 Å². The molecule has 1 aromatic carbocycles. The molecule has 0 aromatic heterocycles. The van der Waals surface area contributed by atoms with E-state index in [1.54, 1.807) is 0 Å². The van der Waals surface area contributed by atoms with E-state index in [2.05, 4.69) is 4.90 Å². The number of nitro benzene ring substituents is 1. The van der Waals surface area contributed by atoms with Crippen LogP contribution in [0.1, 0.15) is 25.7 Å². The van der Waals surface area contributed by atoms with Crippen molar-refractivity contribution in [3.8, 4) is 5.75 Å². The van der Waals surface area contributed by atoms with Gasteiger partial charge in [-0.2, -0.15) is 0 Å². The minimum absolute atomic E-state index is 0.00458. The molecule has 7 nitrogen and oxygen atoms in total. The summed E-state index contributed by atoms with van der Waals surface area (Å²) in [6.07, 6.45) is 4.61. The standard InChI is InChI=1S/C17H23N3O4/c21-17(13-24-16-7-5-14(6-8-16)20(22)23)19-11-3-4-15(19)12-18-9-1-2-10-18/h5-8,15H,1-4,9-13H2/t15-/m1/s1. The predicted molar refractivity (Wildman–Crippen MR) is 89.0 cm³/mol. The molecule has 1 aromatic rings. The number of likely N-dealkylation sites (tertiary alicyclic amines) is 2. The van der Waals surface area contributed by atoms with E-state index in [9.17, 15) is 14.9 Å². The minimum Gasteiger partial charge on any atom is -0.484 e. The van der Waals surface area contributed by atoms with Crippen LogP contribution in [0.2, 0.25) is 0 Å². The fraction of sp³-hybridized carbons (Fsp3) is 0.588. The Morgan fingerprint density at radius 1 is 1.17 bits per heavy atom. The molecule has 0 spiro atoms. The van der Waals surface area contributed by atoms with Crippen molar-refractivity contribution in [3.63, 3.8) is 0 Å². The van der Waals surface area contributed by atoms with E-state index in [1.807, 2.05) is 4.90 Å². The molecule has 0 bridgehead atoms. The maximum Gasteiger partial charge on any atom is 0.269 e. The highest BCUT2D eigenvalue weighted by molar-refractivity contribution is 5.78. The maximum atomic E-state index is 12.5. The number of benzene rings is 1. The van der Waals surface area contributed by atoms with Crippen molar-refractivity contribution in [2.45, 2.75) is 31.7 Å². The van der Waals surface area contributed by atoms with Gasteiger partial charge >= 0.3 is 0 Å². The molecule has 0 unspecified atom stereocenters. The van der Waals surface area contributed by atoms with E-state index >= 15 is 0 Å². The maximum absolute atomic E-state index is 12.5. The van der Waals surface area contributed by atoms with E-state index < -0.39 is 4.92 Å². The molecular weight excluding hydrogens is 310 g/mol. The number of rotatable bonds is 6. The third kappa shape index (κ3) is 4.03. The van der Waals surface area contributed by atoms with Gasteiger partial charge in [0.05, 0.1) is 4.92 Å². The van der Waals surface area contributed by atoms with Gasteiger partial charge in [0, 0.05) is 31.3 Å². The van der Waals surface area contributed by atoms with Crippen LogP contribution >= 0.6 is 0 Å². The Kier molecular flexibility index (Phi) is 5.30. The highest BCUT2D eigenvalue weighted by Gasteiger charge is 2.30. The molecule has 7 heteroatoms. The molecule has 24 heavy (non-hydrogen) atoms. The number of ether oxygens (including phenoxy) is 1. The SMILES string of the molecule is O=C(COc1ccc([N+](=O)[O-])cc1)N1CCC[C@@H]1CN1CCCC1. The van der Waals surface area contributed by atoms with Gasteiger partial charge in [-0.1, -0.05) is 0 Å². The lowest BCUT2D eigenvalue weighted by Gasteiger charge is -2.28. The van der Waals surface area contributed by atoms with Crippen LogP contribution in [-0.2, 0) is 4.79 Å². The zero-order valence-corrected chi connectivity index (χ0v) is 13.7. The highest BCUT2D eigenvalue weighted by Crippen LogP contribution is 2.21. The molecule has 1 atom stereocenters. The van der Waals surface area contributed by atoms with Gasteiger partial charge in [0.1, 0.15) is 5.75 Å². The second kappa shape index (κ2) is 7.61. The molecule has 3 rings (SSSR count). The lowest BCUT2D eigenvalue weighted by molar-refractivity contribution is -0.384. The number of hydrogen-bond donors (Lipinski definition) is 0. The molecule has 0 N–H and O–H groups in total. The van der Waals surface area contributed by atoms with Gasteiger partial charge in [-0.3, -0.25) is 14.9 Å². The van der Waals surface area contributed by atoms with Gasteiger partial charge in [0.25, 0.3) is 11.6 Å². The Bertz CT molecular complexity index is 584. The highest BCUT2D eigenvalue weighted by atomic mass is 16.6. The average Bonchev–Trinajstić information content (AvgIpc) is 3.25. The molecule has 0 radical (unpaired) electrons.